The van der Waals surface area contributed by atoms with E-state index in [1.165, 1.54) is 4.57 Å². The summed E-state index contributed by atoms with van der Waals surface area (Å²) in [5.74, 6) is 1.77. The van der Waals surface area contributed by atoms with Gasteiger partial charge in [0.25, 0.3) is 5.56 Å². The van der Waals surface area contributed by atoms with Crippen LogP contribution in [0.3, 0.4) is 0 Å². The normalized spacial score (nSPS) is 11.4. The Bertz CT molecular complexity index is 1430. The maximum absolute atomic E-state index is 13.3. The highest BCUT2D eigenvalue weighted by Crippen LogP contribution is 2.26. The molecule has 0 atom stereocenters. The fourth-order valence-corrected chi connectivity index (χ4v) is 3.80. The molecule has 0 saturated heterocycles. The van der Waals surface area contributed by atoms with Gasteiger partial charge in [0.15, 0.2) is 5.65 Å². The molecular weight excluding hydrogens is 446 g/mol. The molecule has 0 bridgehead atoms. The zero-order valence-corrected chi connectivity index (χ0v) is 18.0. The molecule has 0 aliphatic heterocycles. The van der Waals surface area contributed by atoms with Crippen molar-refractivity contribution in [2.24, 2.45) is 7.05 Å². The third kappa shape index (κ3) is 2.98. The van der Waals surface area contributed by atoms with Gasteiger partial charge in [0.1, 0.15) is 17.0 Å². The minimum absolute atomic E-state index is 0.176. The van der Waals surface area contributed by atoms with Gasteiger partial charge < -0.3 is 5.32 Å². The average molecular weight is 464 g/mol. The minimum Gasteiger partial charge on any atom is -0.340 e. The van der Waals surface area contributed by atoms with Crippen LogP contribution in [0.25, 0.3) is 16.8 Å². The number of hydrogen-bond acceptors (Lipinski definition) is 5. The van der Waals surface area contributed by atoms with Crippen LogP contribution < -0.4 is 10.9 Å². The van der Waals surface area contributed by atoms with Crippen LogP contribution in [0.4, 0.5) is 11.5 Å². The Hall–Kier alpha value is -3.46. The van der Waals surface area contributed by atoms with E-state index >= 15 is 0 Å². The van der Waals surface area contributed by atoms with E-state index in [-0.39, 0.29) is 5.56 Å². The van der Waals surface area contributed by atoms with E-state index in [1.807, 2.05) is 70.6 Å². The number of anilines is 2. The van der Waals surface area contributed by atoms with Crippen LogP contribution in [0, 0.1) is 6.92 Å². The first-order valence-corrected chi connectivity index (χ1v) is 10.2. The molecule has 5 rings (SSSR count). The van der Waals surface area contributed by atoms with Gasteiger partial charge in [0.05, 0.1) is 6.54 Å². The maximum atomic E-state index is 13.3. The lowest BCUT2D eigenvalue weighted by Gasteiger charge is -2.10. The summed E-state index contributed by atoms with van der Waals surface area (Å²) < 4.78 is 6.14. The van der Waals surface area contributed by atoms with Crippen molar-refractivity contribution < 1.29 is 0 Å². The van der Waals surface area contributed by atoms with Crippen LogP contribution in [0.2, 0.25) is 0 Å². The van der Waals surface area contributed by atoms with Crippen LogP contribution in [0.15, 0.2) is 63.9 Å². The number of para-hydroxylation sites is 1. The first kappa shape index (κ1) is 18.6. The molecule has 0 fully saturated rings. The Morgan fingerprint density at radius 3 is 2.50 bits per heavy atom. The van der Waals surface area contributed by atoms with E-state index in [4.69, 9.17) is 5.10 Å². The number of halogens is 1. The van der Waals surface area contributed by atoms with Gasteiger partial charge in [-0.3, -0.25) is 9.36 Å². The second-order valence-corrected chi connectivity index (χ2v) is 7.98. The van der Waals surface area contributed by atoms with Crippen molar-refractivity contribution in [3.8, 4) is 0 Å². The van der Waals surface area contributed by atoms with Crippen LogP contribution in [0.5, 0.6) is 0 Å². The topological polar surface area (TPSA) is 82.0 Å². The van der Waals surface area contributed by atoms with E-state index in [9.17, 15) is 4.79 Å². The molecule has 0 saturated carbocycles. The number of benzene rings is 2. The van der Waals surface area contributed by atoms with Gasteiger partial charge in [0.2, 0.25) is 5.78 Å². The monoisotopic (exact) mass is 463 g/mol. The summed E-state index contributed by atoms with van der Waals surface area (Å²) in [6.45, 7) is 2.35. The molecule has 150 valence electrons. The summed E-state index contributed by atoms with van der Waals surface area (Å²) in [6.07, 6.45) is 0. The number of aromatic nitrogens is 6. The molecule has 0 spiro atoms. The first-order chi connectivity index (χ1) is 14.5. The lowest BCUT2D eigenvalue weighted by molar-refractivity contribution is 0.699. The second-order valence-electron chi connectivity index (χ2n) is 7.07. The summed E-state index contributed by atoms with van der Waals surface area (Å²) in [4.78, 5) is 13.3. The minimum atomic E-state index is -0.176. The number of nitrogens with zero attached hydrogens (tertiary/aromatic N) is 6. The van der Waals surface area contributed by atoms with Gasteiger partial charge in [-0.2, -0.15) is 5.10 Å². The molecule has 0 unspecified atom stereocenters. The summed E-state index contributed by atoms with van der Waals surface area (Å²) >= 11 is 3.47. The molecule has 0 amide bonds. The smallest absolute Gasteiger partial charge is 0.268 e. The van der Waals surface area contributed by atoms with E-state index in [0.29, 0.717) is 35.0 Å². The van der Waals surface area contributed by atoms with Crippen molar-refractivity contribution in [1.82, 2.24) is 28.9 Å². The highest BCUT2D eigenvalue weighted by atomic mass is 79.9. The molecule has 0 aliphatic rings. The molecular formula is C21H18BrN7O. The quantitative estimate of drug-likeness (QED) is 0.439. The summed E-state index contributed by atoms with van der Waals surface area (Å²) in [5.41, 5.74) is 2.30. The van der Waals surface area contributed by atoms with Crippen molar-refractivity contribution in [2.45, 2.75) is 13.5 Å². The van der Waals surface area contributed by atoms with Crippen molar-refractivity contribution in [2.75, 3.05) is 5.32 Å². The molecule has 5 aromatic rings. The largest absolute Gasteiger partial charge is 0.340 e. The Kier molecular flexibility index (Phi) is 4.39. The molecule has 2 aromatic carbocycles. The van der Waals surface area contributed by atoms with E-state index in [0.717, 1.165) is 15.7 Å². The molecule has 1 N–H and O–H groups in total. The van der Waals surface area contributed by atoms with E-state index < -0.39 is 0 Å². The number of nitrogens with one attached hydrogen (secondary N) is 1. The maximum Gasteiger partial charge on any atom is 0.268 e. The van der Waals surface area contributed by atoms with Crippen LogP contribution in [-0.2, 0) is 13.6 Å². The number of hydrogen-bond donors (Lipinski definition) is 1. The molecule has 0 aliphatic carbocycles. The molecule has 30 heavy (non-hydrogen) atoms. The highest BCUT2D eigenvalue weighted by molar-refractivity contribution is 9.10. The Balaban J connectivity index is 1.78. The number of rotatable bonds is 4. The van der Waals surface area contributed by atoms with Crippen LogP contribution >= 0.6 is 15.9 Å². The van der Waals surface area contributed by atoms with Gasteiger partial charge in [-0.05, 0) is 36.8 Å². The van der Waals surface area contributed by atoms with Gasteiger partial charge in [-0.25, -0.2) is 9.08 Å². The summed E-state index contributed by atoms with van der Waals surface area (Å²) in [6, 6.07) is 17.8. The van der Waals surface area contributed by atoms with Gasteiger partial charge in [-0.15, -0.1) is 10.2 Å². The van der Waals surface area contributed by atoms with Crippen molar-refractivity contribution in [3.05, 3.63) is 80.8 Å². The fraction of sp³-hybridized carbons (Fsp3) is 0.143. The molecule has 0 radical (unpaired) electrons. The number of aryl methyl sites for hydroxylation is 2. The number of fused-ring (bicyclic) bond motifs is 3. The molecule has 9 heteroatoms. The average Bonchev–Trinajstić information content (AvgIpc) is 3.30. The SMILES string of the molecule is Cc1nnc2n(C)c(=O)c3c(Nc4ccccc4)n(Cc4ccc(Br)cc4)nc3n12. The lowest BCUT2D eigenvalue weighted by atomic mass is 10.2. The van der Waals surface area contributed by atoms with E-state index in [2.05, 4.69) is 31.4 Å². The third-order valence-corrected chi connectivity index (χ3v) is 5.58. The zero-order valence-electron chi connectivity index (χ0n) is 16.4. The fourth-order valence-electron chi connectivity index (χ4n) is 3.54. The van der Waals surface area contributed by atoms with Crippen molar-refractivity contribution >= 4 is 44.2 Å². The van der Waals surface area contributed by atoms with Gasteiger partial charge in [0, 0.05) is 17.2 Å². The summed E-state index contributed by atoms with van der Waals surface area (Å²) in [5, 5.41) is 17.0. The van der Waals surface area contributed by atoms with Gasteiger partial charge in [-0.1, -0.05) is 46.3 Å². The Labute approximate surface area is 179 Å². The third-order valence-electron chi connectivity index (χ3n) is 5.05. The predicted molar refractivity (Wildman–Crippen MR) is 119 cm³/mol. The van der Waals surface area contributed by atoms with E-state index in [1.54, 1.807) is 7.05 Å². The highest BCUT2D eigenvalue weighted by Gasteiger charge is 2.22. The van der Waals surface area contributed by atoms with Crippen molar-refractivity contribution in [3.63, 3.8) is 0 Å². The second kappa shape index (κ2) is 7.10. The lowest BCUT2D eigenvalue weighted by Crippen LogP contribution is -2.20. The van der Waals surface area contributed by atoms with Crippen LogP contribution in [-0.4, -0.2) is 28.9 Å². The Morgan fingerprint density at radius 1 is 1.03 bits per heavy atom. The van der Waals surface area contributed by atoms with Crippen molar-refractivity contribution in [1.29, 1.82) is 0 Å². The standard InChI is InChI=1S/C21H18BrN7O/c1-13-24-25-21-27(2)20(30)17-18(23-16-6-4-3-5-7-16)28(26-19(17)29(13)21)12-14-8-10-15(22)11-9-14/h3-11,23H,12H2,1-2H3. The molecule has 8 nitrogen and oxygen atoms in total. The summed E-state index contributed by atoms with van der Waals surface area (Å²) in [7, 11) is 1.70. The molecule has 3 aromatic heterocycles. The Morgan fingerprint density at radius 2 is 1.77 bits per heavy atom. The zero-order chi connectivity index (χ0) is 20.8. The first-order valence-electron chi connectivity index (χ1n) is 9.40. The van der Waals surface area contributed by atoms with Gasteiger partial charge >= 0.3 is 0 Å². The van der Waals surface area contributed by atoms with Crippen LogP contribution in [0.1, 0.15) is 11.4 Å². The molecule has 3 heterocycles. The predicted octanol–water partition coefficient (Wildman–Crippen LogP) is 3.64.